The number of rotatable bonds is 7. The Kier molecular flexibility index (Phi) is 6.57. The summed E-state index contributed by atoms with van der Waals surface area (Å²) in [6.07, 6.45) is 6.54. The van der Waals surface area contributed by atoms with Gasteiger partial charge in [0.1, 0.15) is 5.82 Å². The van der Waals surface area contributed by atoms with Gasteiger partial charge in [0.15, 0.2) is 5.82 Å². The lowest BCUT2D eigenvalue weighted by atomic mass is 10.2. The van der Waals surface area contributed by atoms with E-state index in [-0.39, 0.29) is 5.91 Å². The maximum absolute atomic E-state index is 12.5. The van der Waals surface area contributed by atoms with Crippen LogP contribution in [0.2, 0.25) is 0 Å². The van der Waals surface area contributed by atoms with Gasteiger partial charge in [-0.3, -0.25) is 4.79 Å². The minimum absolute atomic E-state index is 0.209. The fourth-order valence-electron chi connectivity index (χ4n) is 3.20. The zero-order valence-corrected chi connectivity index (χ0v) is 15.4. The van der Waals surface area contributed by atoms with Gasteiger partial charge >= 0.3 is 0 Å². The van der Waals surface area contributed by atoms with E-state index in [1.807, 2.05) is 29.3 Å². The number of aryl methyl sites for hydroxylation is 2. The molecule has 26 heavy (non-hydrogen) atoms. The van der Waals surface area contributed by atoms with E-state index in [4.69, 9.17) is 4.52 Å². The lowest BCUT2D eigenvalue weighted by molar-refractivity contribution is -0.131. The number of carbonyl (C=O) groups excluding carboxylic acids is 1. The lowest BCUT2D eigenvalue weighted by Gasteiger charge is -2.22. The van der Waals surface area contributed by atoms with Gasteiger partial charge in [-0.2, -0.15) is 4.98 Å². The Hall–Kier alpha value is -2.44. The second-order valence-corrected chi connectivity index (χ2v) is 6.62. The molecular weight excluding hydrogens is 330 g/mol. The summed E-state index contributed by atoms with van der Waals surface area (Å²) in [7, 11) is 0. The van der Waals surface area contributed by atoms with Gasteiger partial charge in [0, 0.05) is 51.6 Å². The third-order valence-electron chi connectivity index (χ3n) is 4.59. The number of pyridine rings is 1. The highest BCUT2D eigenvalue weighted by molar-refractivity contribution is 5.76. The quantitative estimate of drug-likeness (QED) is 0.758. The van der Waals surface area contributed by atoms with Crippen molar-refractivity contribution < 1.29 is 9.32 Å². The molecule has 3 heterocycles. The summed E-state index contributed by atoms with van der Waals surface area (Å²) in [6, 6.07) is 5.94. The smallest absolute Gasteiger partial charge is 0.226 e. The van der Waals surface area contributed by atoms with Crippen LogP contribution in [0.4, 0.5) is 5.82 Å². The van der Waals surface area contributed by atoms with Gasteiger partial charge in [-0.25, -0.2) is 4.98 Å². The van der Waals surface area contributed by atoms with Crippen molar-refractivity contribution in [1.82, 2.24) is 20.0 Å². The van der Waals surface area contributed by atoms with E-state index in [0.29, 0.717) is 18.7 Å². The molecule has 3 rings (SSSR count). The summed E-state index contributed by atoms with van der Waals surface area (Å²) < 4.78 is 5.23. The average Bonchev–Trinajstić information content (AvgIpc) is 2.96. The molecule has 140 valence electrons. The number of hydrogen-bond donors (Lipinski definition) is 0. The van der Waals surface area contributed by atoms with Gasteiger partial charge in [-0.15, -0.1) is 0 Å². The monoisotopic (exact) mass is 357 g/mol. The molecule has 0 aliphatic carbocycles. The third-order valence-corrected chi connectivity index (χ3v) is 4.59. The standard InChI is InChI=1S/C19H27N5O2/c1-2-7-16-21-18(26-22-16)9-5-10-19(25)24-13-6-12-23(14-15-24)17-8-3-4-11-20-17/h3-4,8,11H,2,5-7,9-10,12-15H2,1H3. The lowest BCUT2D eigenvalue weighted by Crippen LogP contribution is -2.35. The average molecular weight is 357 g/mol. The predicted molar refractivity (Wildman–Crippen MR) is 98.9 cm³/mol. The van der Waals surface area contributed by atoms with E-state index in [2.05, 4.69) is 26.9 Å². The van der Waals surface area contributed by atoms with E-state index in [1.165, 1.54) is 0 Å². The molecule has 1 amide bonds. The summed E-state index contributed by atoms with van der Waals surface area (Å²) in [4.78, 5) is 25.5. The highest BCUT2D eigenvalue weighted by Crippen LogP contribution is 2.14. The molecule has 1 aliphatic heterocycles. The van der Waals surface area contributed by atoms with Crippen LogP contribution in [0.1, 0.15) is 44.3 Å². The van der Waals surface area contributed by atoms with E-state index in [9.17, 15) is 4.79 Å². The van der Waals surface area contributed by atoms with Crippen molar-refractivity contribution in [3.8, 4) is 0 Å². The Bertz CT molecular complexity index is 688. The molecule has 0 N–H and O–H groups in total. The van der Waals surface area contributed by atoms with Crippen LogP contribution in [0.3, 0.4) is 0 Å². The van der Waals surface area contributed by atoms with Crippen LogP contribution in [0.25, 0.3) is 0 Å². The number of nitrogens with zero attached hydrogens (tertiary/aromatic N) is 5. The van der Waals surface area contributed by atoms with Crippen molar-refractivity contribution in [3.63, 3.8) is 0 Å². The molecule has 7 heteroatoms. The van der Waals surface area contributed by atoms with E-state index in [1.54, 1.807) is 0 Å². The molecule has 0 spiro atoms. The van der Waals surface area contributed by atoms with Crippen LogP contribution in [-0.2, 0) is 17.6 Å². The molecule has 0 radical (unpaired) electrons. The Morgan fingerprint density at radius 2 is 2.12 bits per heavy atom. The van der Waals surface area contributed by atoms with Crippen LogP contribution >= 0.6 is 0 Å². The van der Waals surface area contributed by atoms with Crippen LogP contribution in [0.5, 0.6) is 0 Å². The number of anilines is 1. The molecule has 0 aromatic carbocycles. The highest BCUT2D eigenvalue weighted by Gasteiger charge is 2.19. The van der Waals surface area contributed by atoms with Crippen LogP contribution < -0.4 is 4.90 Å². The summed E-state index contributed by atoms with van der Waals surface area (Å²) >= 11 is 0. The van der Waals surface area contributed by atoms with Gasteiger partial charge < -0.3 is 14.3 Å². The van der Waals surface area contributed by atoms with Gasteiger partial charge in [0.25, 0.3) is 0 Å². The molecule has 0 unspecified atom stereocenters. The van der Waals surface area contributed by atoms with Gasteiger partial charge in [-0.1, -0.05) is 18.1 Å². The first-order valence-corrected chi connectivity index (χ1v) is 9.51. The van der Waals surface area contributed by atoms with Crippen molar-refractivity contribution in [2.45, 2.75) is 45.4 Å². The first-order valence-electron chi connectivity index (χ1n) is 9.51. The number of carbonyl (C=O) groups is 1. The number of aromatic nitrogens is 3. The maximum atomic E-state index is 12.5. The SMILES string of the molecule is CCCc1noc(CCCC(=O)N2CCCN(c3ccccn3)CC2)n1. The minimum Gasteiger partial charge on any atom is -0.355 e. The normalized spacial score (nSPS) is 15.1. The van der Waals surface area contributed by atoms with Crippen molar-refractivity contribution in [3.05, 3.63) is 36.1 Å². The van der Waals surface area contributed by atoms with E-state index in [0.717, 1.165) is 63.5 Å². The Labute approximate surface area is 154 Å². The summed E-state index contributed by atoms with van der Waals surface area (Å²) in [5, 5.41) is 3.95. The molecule has 7 nitrogen and oxygen atoms in total. The zero-order valence-electron chi connectivity index (χ0n) is 15.4. The van der Waals surface area contributed by atoms with Crippen molar-refractivity contribution in [2.24, 2.45) is 0 Å². The molecular formula is C19H27N5O2. The van der Waals surface area contributed by atoms with Crippen LogP contribution in [0.15, 0.2) is 28.9 Å². The minimum atomic E-state index is 0.209. The number of hydrogen-bond acceptors (Lipinski definition) is 6. The number of amides is 1. The molecule has 2 aromatic heterocycles. The summed E-state index contributed by atoms with van der Waals surface area (Å²) in [6.45, 7) is 5.40. The van der Waals surface area contributed by atoms with E-state index >= 15 is 0 Å². The first kappa shape index (κ1) is 18.4. The molecule has 0 saturated carbocycles. The van der Waals surface area contributed by atoms with Crippen molar-refractivity contribution in [1.29, 1.82) is 0 Å². The fourth-order valence-corrected chi connectivity index (χ4v) is 3.20. The Balaban J connectivity index is 1.43. The van der Waals surface area contributed by atoms with Crippen LogP contribution in [0, 0.1) is 0 Å². The molecule has 1 saturated heterocycles. The van der Waals surface area contributed by atoms with Gasteiger partial charge in [-0.05, 0) is 31.4 Å². The second-order valence-electron chi connectivity index (χ2n) is 6.62. The molecule has 1 fully saturated rings. The van der Waals surface area contributed by atoms with Gasteiger partial charge in [0.05, 0.1) is 0 Å². The molecule has 0 atom stereocenters. The topological polar surface area (TPSA) is 75.4 Å². The second kappa shape index (κ2) is 9.31. The summed E-state index contributed by atoms with van der Waals surface area (Å²) in [5.74, 6) is 2.59. The first-order chi connectivity index (χ1) is 12.8. The third kappa shape index (κ3) is 5.03. The fraction of sp³-hybridized carbons (Fsp3) is 0.579. The summed E-state index contributed by atoms with van der Waals surface area (Å²) in [5.41, 5.74) is 0. The largest absolute Gasteiger partial charge is 0.355 e. The predicted octanol–water partition coefficient (Wildman–Crippen LogP) is 2.48. The zero-order chi connectivity index (χ0) is 18.2. The van der Waals surface area contributed by atoms with Gasteiger partial charge in [0.2, 0.25) is 11.8 Å². The molecule has 1 aliphatic rings. The van der Waals surface area contributed by atoms with Crippen molar-refractivity contribution >= 4 is 11.7 Å². The Morgan fingerprint density at radius 3 is 2.92 bits per heavy atom. The molecule has 0 bridgehead atoms. The molecule has 2 aromatic rings. The van der Waals surface area contributed by atoms with E-state index < -0.39 is 0 Å². The van der Waals surface area contributed by atoms with Crippen molar-refractivity contribution in [2.75, 3.05) is 31.1 Å². The highest BCUT2D eigenvalue weighted by atomic mass is 16.5. The Morgan fingerprint density at radius 1 is 1.19 bits per heavy atom. The van der Waals surface area contributed by atoms with Crippen LogP contribution in [-0.4, -0.2) is 52.1 Å². The maximum Gasteiger partial charge on any atom is 0.226 e.